The molecule has 0 saturated heterocycles. The minimum Gasteiger partial charge on any atom is -0.494 e. The summed E-state index contributed by atoms with van der Waals surface area (Å²) in [6.07, 6.45) is 6.40. The molecule has 1 aliphatic rings. The molecule has 0 heterocycles. The predicted octanol–water partition coefficient (Wildman–Crippen LogP) is 4.47. The SMILES string of the molecule is CCCOc1ccc(NC2CCCC2CC)cc1. The second kappa shape index (κ2) is 6.67. The Morgan fingerprint density at radius 2 is 1.94 bits per heavy atom. The standard InChI is InChI=1S/C16H25NO/c1-3-12-18-15-10-8-14(9-11-15)17-16-7-5-6-13(16)4-2/h8-11,13,16-17H,3-7,12H2,1-2H3. The van der Waals surface area contributed by atoms with Crippen molar-refractivity contribution in [1.29, 1.82) is 0 Å². The summed E-state index contributed by atoms with van der Waals surface area (Å²) in [6.45, 7) is 5.22. The predicted molar refractivity (Wildman–Crippen MR) is 77.3 cm³/mol. The van der Waals surface area contributed by atoms with E-state index >= 15 is 0 Å². The number of nitrogens with one attached hydrogen (secondary N) is 1. The average molecular weight is 247 g/mol. The Bertz CT molecular complexity index is 347. The van der Waals surface area contributed by atoms with Crippen LogP contribution in [0.15, 0.2) is 24.3 Å². The van der Waals surface area contributed by atoms with Gasteiger partial charge in [-0.1, -0.05) is 26.7 Å². The van der Waals surface area contributed by atoms with E-state index in [0.717, 1.165) is 24.7 Å². The van der Waals surface area contributed by atoms with E-state index < -0.39 is 0 Å². The van der Waals surface area contributed by atoms with Gasteiger partial charge in [-0.05, 0) is 49.4 Å². The summed E-state index contributed by atoms with van der Waals surface area (Å²) in [5.41, 5.74) is 1.23. The van der Waals surface area contributed by atoms with Gasteiger partial charge in [-0.2, -0.15) is 0 Å². The maximum absolute atomic E-state index is 5.59. The minimum atomic E-state index is 0.664. The highest BCUT2D eigenvalue weighted by Gasteiger charge is 2.25. The first kappa shape index (κ1) is 13.3. The lowest BCUT2D eigenvalue weighted by Crippen LogP contribution is -2.23. The highest BCUT2D eigenvalue weighted by molar-refractivity contribution is 5.47. The Labute approximate surface area is 111 Å². The van der Waals surface area contributed by atoms with Crippen LogP contribution in [-0.2, 0) is 0 Å². The van der Waals surface area contributed by atoms with E-state index in [9.17, 15) is 0 Å². The number of hydrogen-bond acceptors (Lipinski definition) is 2. The Morgan fingerprint density at radius 3 is 2.61 bits per heavy atom. The first-order valence-electron chi connectivity index (χ1n) is 7.33. The van der Waals surface area contributed by atoms with Crippen LogP contribution >= 0.6 is 0 Å². The maximum atomic E-state index is 5.59. The Kier molecular flexibility index (Phi) is 4.91. The zero-order chi connectivity index (χ0) is 12.8. The van der Waals surface area contributed by atoms with Gasteiger partial charge in [-0.3, -0.25) is 0 Å². The molecular formula is C16H25NO. The molecule has 1 fully saturated rings. The molecule has 2 unspecified atom stereocenters. The van der Waals surface area contributed by atoms with Crippen LogP contribution in [0.3, 0.4) is 0 Å². The third kappa shape index (κ3) is 3.41. The van der Waals surface area contributed by atoms with Crippen LogP contribution in [-0.4, -0.2) is 12.6 Å². The van der Waals surface area contributed by atoms with Gasteiger partial charge in [0.1, 0.15) is 5.75 Å². The lowest BCUT2D eigenvalue weighted by atomic mass is 10.0. The van der Waals surface area contributed by atoms with Crippen LogP contribution in [0.4, 0.5) is 5.69 Å². The molecule has 0 spiro atoms. The van der Waals surface area contributed by atoms with Crippen LogP contribution < -0.4 is 10.1 Å². The molecule has 0 bridgehead atoms. The van der Waals surface area contributed by atoms with Gasteiger partial charge in [0.05, 0.1) is 6.61 Å². The van der Waals surface area contributed by atoms with Crippen LogP contribution in [0.1, 0.15) is 46.0 Å². The lowest BCUT2D eigenvalue weighted by molar-refractivity contribution is 0.317. The third-order valence-electron chi connectivity index (χ3n) is 3.86. The highest BCUT2D eigenvalue weighted by Crippen LogP contribution is 2.31. The number of benzene rings is 1. The van der Waals surface area contributed by atoms with Gasteiger partial charge in [0.25, 0.3) is 0 Å². The molecule has 0 aromatic heterocycles. The van der Waals surface area contributed by atoms with Gasteiger partial charge < -0.3 is 10.1 Å². The largest absolute Gasteiger partial charge is 0.494 e. The molecule has 0 radical (unpaired) electrons. The van der Waals surface area contributed by atoms with Gasteiger partial charge in [0.15, 0.2) is 0 Å². The maximum Gasteiger partial charge on any atom is 0.119 e. The van der Waals surface area contributed by atoms with Gasteiger partial charge in [0.2, 0.25) is 0 Å². The van der Waals surface area contributed by atoms with Crippen LogP contribution in [0, 0.1) is 5.92 Å². The molecule has 1 aromatic rings. The summed E-state index contributed by atoms with van der Waals surface area (Å²) in [7, 11) is 0. The number of ether oxygens (including phenoxy) is 1. The van der Waals surface area contributed by atoms with E-state index in [-0.39, 0.29) is 0 Å². The highest BCUT2D eigenvalue weighted by atomic mass is 16.5. The second-order valence-electron chi connectivity index (χ2n) is 5.22. The third-order valence-corrected chi connectivity index (χ3v) is 3.86. The van der Waals surface area contributed by atoms with E-state index in [0.29, 0.717) is 6.04 Å². The number of rotatable bonds is 6. The topological polar surface area (TPSA) is 21.3 Å². The molecule has 0 aliphatic heterocycles. The molecule has 100 valence electrons. The van der Waals surface area contributed by atoms with Crippen molar-refractivity contribution in [2.75, 3.05) is 11.9 Å². The molecule has 0 amide bonds. The molecule has 2 atom stereocenters. The molecular weight excluding hydrogens is 222 g/mol. The van der Waals surface area contributed by atoms with Crippen molar-refractivity contribution in [2.24, 2.45) is 5.92 Å². The summed E-state index contributed by atoms with van der Waals surface area (Å²) in [6, 6.07) is 9.06. The van der Waals surface area contributed by atoms with E-state index in [2.05, 4.69) is 43.4 Å². The monoisotopic (exact) mass is 247 g/mol. The van der Waals surface area contributed by atoms with Crippen molar-refractivity contribution < 1.29 is 4.74 Å². The fourth-order valence-corrected chi connectivity index (χ4v) is 2.80. The van der Waals surface area contributed by atoms with Gasteiger partial charge >= 0.3 is 0 Å². The number of hydrogen-bond donors (Lipinski definition) is 1. The average Bonchev–Trinajstić information content (AvgIpc) is 2.85. The van der Waals surface area contributed by atoms with Gasteiger partial charge in [-0.15, -0.1) is 0 Å². The fraction of sp³-hybridized carbons (Fsp3) is 0.625. The molecule has 2 nitrogen and oxygen atoms in total. The summed E-state index contributed by atoms with van der Waals surface area (Å²) in [4.78, 5) is 0. The van der Waals surface area contributed by atoms with Crippen LogP contribution in [0.2, 0.25) is 0 Å². The number of anilines is 1. The zero-order valence-corrected chi connectivity index (χ0v) is 11.6. The van der Waals surface area contributed by atoms with E-state index in [1.807, 2.05) is 0 Å². The first-order valence-corrected chi connectivity index (χ1v) is 7.33. The summed E-state index contributed by atoms with van der Waals surface area (Å²) >= 11 is 0. The molecule has 2 heteroatoms. The van der Waals surface area contributed by atoms with E-state index in [4.69, 9.17) is 4.74 Å². The molecule has 1 aromatic carbocycles. The van der Waals surface area contributed by atoms with Crippen molar-refractivity contribution in [3.8, 4) is 5.75 Å². The summed E-state index contributed by atoms with van der Waals surface area (Å²) in [5, 5.41) is 3.67. The minimum absolute atomic E-state index is 0.664. The van der Waals surface area contributed by atoms with E-state index in [1.165, 1.54) is 31.4 Å². The normalized spacial score (nSPS) is 23.0. The van der Waals surface area contributed by atoms with Crippen LogP contribution in [0.25, 0.3) is 0 Å². The Hall–Kier alpha value is -1.18. The molecule has 1 aliphatic carbocycles. The fourth-order valence-electron chi connectivity index (χ4n) is 2.80. The lowest BCUT2D eigenvalue weighted by Gasteiger charge is -2.21. The van der Waals surface area contributed by atoms with Crippen molar-refractivity contribution in [3.05, 3.63) is 24.3 Å². The molecule has 18 heavy (non-hydrogen) atoms. The van der Waals surface area contributed by atoms with Crippen molar-refractivity contribution in [1.82, 2.24) is 0 Å². The second-order valence-corrected chi connectivity index (χ2v) is 5.22. The van der Waals surface area contributed by atoms with Crippen LogP contribution in [0.5, 0.6) is 5.75 Å². The smallest absolute Gasteiger partial charge is 0.119 e. The van der Waals surface area contributed by atoms with Gasteiger partial charge in [0, 0.05) is 11.7 Å². The summed E-state index contributed by atoms with van der Waals surface area (Å²) < 4.78 is 5.59. The summed E-state index contributed by atoms with van der Waals surface area (Å²) in [5.74, 6) is 1.82. The van der Waals surface area contributed by atoms with Crippen molar-refractivity contribution in [3.63, 3.8) is 0 Å². The Balaban J connectivity index is 1.89. The molecule has 1 N–H and O–H groups in total. The molecule has 1 saturated carbocycles. The first-order chi connectivity index (χ1) is 8.83. The quantitative estimate of drug-likeness (QED) is 0.801. The zero-order valence-electron chi connectivity index (χ0n) is 11.6. The Morgan fingerprint density at radius 1 is 1.17 bits per heavy atom. The van der Waals surface area contributed by atoms with Gasteiger partial charge in [-0.25, -0.2) is 0 Å². The molecule has 2 rings (SSSR count). The van der Waals surface area contributed by atoms with Crippen molar-refractivity contribution >= 4 is 5.69 Å². The van der Waals surface area contributed by atoms with Crippen molar-refractivity contribution in [2.45, 2.75) is 52.0 Å². The van der Waals surface area contributed by atoms with E-state index in [1.54, 1.807) is 0 Å².